The second-order valence-corrected chi connectivity index (χ2v) is 7.41. The number of likely N-dealkylation sites (tertiary alicyclic amines) is 1. The van der Waals surface area contributed by atoms with Gasteiger partial charge in [-0.3, -0.25) is 9.69 Å². The normalized spacial score (nSPS) is 20.6. The van der Waals surface area contributed by atoms with Crippen LogP contribution >= 0.6 is 0 Å². The van der Waals surface area contributed by atoms with Crippen molar-refractivity contribution in [3.05, 3.63) is 42.4 Å². The third-order valence-electron chi connectivity index (χ3n) is 5.94. The molecular formula is C21H27N3O3. The highest BCUT2D eigenvalue weighted by Gasteiger charge is 2.32. The van der Waals surface area contributed by atoms with Gasteiger partial charge in [0.05, 0.1) is 13.2 Å². The van der Waals surface area contributed by atoms with Gasteiger partial charge in [0.25, 0.3) is 5.91 Å². The number of piperidine rings is 1. The largest absolute Gasteiger partial charge is 0.443 e. The first-order valence-corrected chi connectivity index (χ1v) is 9.84. The van der Waals surface area contributed by atoms with Crippen LogP contribution in [0.5, 0.6) is 0 Å². The standard InChI is InChI=1S/C21H27N3O3/c1-16(23-11-13-26-14-12-23)17-7-9-24(10-8-17)21(25)19-20(27-15-22-19)18-5-3-2-4-6-18/h2-6,15-17H,7-14H2,1H3/t16-/m1/s1. The Labute approximate surface area is 160 Å². The highest BCUT2D eigenvalue weighted by atomic mass is 16.5. The second kappa shape index (κ2) is 8.23. The predicted molar refractivity (Wildman–Crippen MR) is 102 cm³/mol. The highest BCUT2D eigenvalue weighted by Crippen LogP contribution is 2.28. The zero-order valence-electron chi connectivity index (χ0n) is 15.8. The number of benzene rings is 1. The fourth-order valence-electron chi connectivity index (χ4n) is 4.21. The molecule has 0 N–H and O–H groups in total. The zero-order chi connectivity index (χ0) is 18.6. The van der Waals surface area contributed by atoms with Crippen LogP contribution in [-0.2, 0) is 4.74 Å². The Morgan fingerprint density at radius 2 is 1.81 bits per heavy atom. The number of amides is 1. The van der Waals surface area contributed by atoms with Crippen molar-refractivity contribution in [2.75, 3.05) is 39.4 Å². The van der Waals surface area contributed by atoms with E-state index in [-0.39, 0.29) is 5.91 Å². The van der Waals surface area contributed by atoms with E-state index in [9.17, 15) is 4.79 Å². The average molecular weight is 369 g/mol. The molecule has 2 saturated heterocycles. The summed E-state index contributed by atoms with van der Waals surface area (Å²) in [6.45, 7) is 7.56. The van der Waals surface area contributed by atoms with Crippen molar-refractivity contribution in [1.82, 2.24) is 14.8 Å². The first kappa shape index (κ1) is 18.2. The lowest BCUT2D eigenvalue weighted by atomic mass is 9.89. The summed E-state index contributed by atoms with van der Waals surface area (Å²) < 4.78 is 11.0. The van der Waals surface area contributed by atoms with Gasteiger partial charge in [-0.25, -0.2) is 4.98 Å². The second-order valence-electron chi connectivity index (χ2n) is 7.41. The Hall–Kier alpha value is -2.18. The Balaban J connectivity index is 1.39. The summed E-state index contributed by atoms with van der Waals surface area (Å²) in [4.78, 5) is 21.7. The number of carbonyl (C=O) groups excluding carboxylic acids is 1. The smallest absolute Gasteiger partial charge is 0.276 e. The van der Waals surface area contributed by atoms with Gasteiger partial charge in [0.1, 0.15) is 0 Å². The molecule has 0 bridgehead atoms. The average Bonchev–Trinajstić information content (AvgIpc) is 3.24. The SMILES string of the molecule is C[C@H](C1CCN(C(=O)c2ncoc2-c2ccccc2)CC1)N1CCOCC1. The fourth-order valence-corrected chi connectivity index (χ4v) is 4.21. The lowest BCUT2D eigenvalue weighted by molar-refractivity contribution is -0.000980. The topological polar surface area (TPSA) is 58.8 Å². The van der Waals surface area contributed by atoms with Gasteiger partial charge in [-0.05, 0) is 25.7 Å². The highest BCUT2D eigenvalue weighted by molar-refractivity contribution is 5.97. The van der Waals surface area contributed by atoms with E-state index in [1.54, 1.807) is 0 Å². The number of aromatic nitrogens is 1. The first-order valence-electron chi connectivity index (χ1n) is 9.84. The van der Waals surface area contributed by atoms with Crippen molar-refractivity contribution in [2.45, 2.75) is 25.8 Å². The van der Waals surface area contributed by atoms with Crippen molar-refractivity contribution >= 4 is 5.91 Å². The first-order chi connectivity index (χ1) is 13.2. The summed E-state index contributed by atoms with van der Waals surface area (Å²) in [5.41, 5.74) is 1.30. The molecule has 2 aromatic rings. The molecule has 0 unspecified atom stereocenters. The minimum absolute atomic E-state index is 0.0277. The molecule has 0 radical (unpaired) electrons. The quantitative estimate of drug-likeness (QED) is 0.829. The maximum Gasteiger partial charge on any atom is 0.276 e. The van der Waals surface area contributed by atoms with Gasteiger partial charge in [-0.15, -0.1) is 0 Å². The van der Waals surface area contributed by atoms with Crippen molar-refractivity contribution in [1.29, 1.82) is 0 Å². The Bertz CT molecular complexity index is 747. The number of rotatable bonds is 4. The maximum atomic E-state index is 13.0. The monoisotopic (exact) mass is 369 g/mol. The van der Waals surface area contributed by atoms with Crippen LogP contribution < -0.4 is 0 Å². The Morgan fingerprint density at radius 1 is 1.11 bits per heavy atom. The van der Waals surface area contributed by atoms with Crippen molar-refractivity contribution in [3.63, 3.8) is 0 Å². The van der Waals surface area contributed by atoms with Gasteiger partial charge < -0.3 is 14.1 Å². The Morgan fingerprint density at radius 3 is 2.52 bits per heavy atom. The number of ether oxygens (including phenoxy) is 1. The van der Waals surface area contributed by atoms with E-state index in [1.807, 2.05) is 35.2 Å². The van der Waals surface area contributed by atoms with Crippen LogP contribution in [0.3, 0.4) is 0 Å². The number of carbonyl (C=O) groups is 1. The van der Waals surface area contributed by atoms with Crippen molar-refractivity contribution in [2.24, 2.45) is 5.92 Å². The van der Waals surface area contributed by atoms with Gasteiger partial charge in [-0.1, -0.05) is 30.3 Å². The summed E-state index contributed by atoms with van der Waals surface area (Å²) in [5, 5.41) is 0. The molecule has 2 aliphatic rings. The fraction of sp³-hybridized carbons (Fsp3) is 0.524. The van der Waals surface area contributed by atoms with E-state index in [4.69, 9.17) is 9.15 Å². The van der Waals surface area contributed by atoms with Crippen LogP contribution in [0.4, 0.5) is 0 Å². The molecule has 0 saturated carbocycles. The van der Waals surface area contributed by atoms with Gasteiger partial charge in [0.2, 0.25) is 0 Å². The number of morpholine rings is 1. The molecule has 2 aliphatic heterocycles. The molecule has 1 atom stereocenters. The molecule has 0 spiro atoms. The molecule has 6 nitrogen and oxygen atoms in total. The van der Waals surface area contributed by atoms with Crippen LogP contribution in [0.2, 0.25) is 0 Å². The molecule has 6 heteroatoms. The van der Waals surface area contributed by atoms with E-state index in [1.165, 1.54) is 6.39 Å². The molecule has 1 aromatic carbocycles. The van der Waals surface area contributed by atoms with Gasteiger partial charge in [0.15, 0.2) is 17.8 Å². The zero-order valence-corrected chi connectivity index (χ0v) is 15.8. The number of nitrogens with zero attached hydrogens (tertiary/aromatic N) is 3. The number of hydrogen-bond acceptors (Lipinski definition) is 5. The molecule has 4 rings (SSSR count). The third kappa shape index (κ3) is 3.92. The van der Waals surface area contributed by atoms with Crippen LogP contribution in [0.25, 0.3) is 11.3 Å². The van der Waals surface area contributed by atoms with Crippen LogP contribution in [-0.4, -0.2) is 66.1 Å². The van der Waals surface area contributed by atoms with Gasteiger partial charge in [0, 0.05) is 37.8 Å². The van der Waals surface area contributed by atoms with Gasteiger partial charge in [-0.2, -0.15) is 0 Å². The van der Waals surface area contributed by atoms with Crippen LogP contribution in [0.1, 0.15) is 30.3 Å². The third-order valence-corrected chi connectivity index (χ3v) is 5.94. The van der Waals surface area contributed by atoms with Crippen LogP contribution in [0.15, 0.2) is 41.1 Å². The van der Waals surface area contributed by atoms with Crippen molar-refractivity contribution < 1.29 is 13.9 Å². The van der Waals surface area contributed by atoms with Crippen LogP contribution in [0, 0.1) is 5.92 Å². The lowest BCUT2D eigenvalue weighted by Crippen LogP contribution is -2.49. The van der Waals surface area contributed by atoms with E-state index < -0.39 is 0 Å². The van der Waals surface area contributed by atoms with E-state index >= 15 is 0 Å². The molecular weight excluding hydrogens is 342 g/mol. The van der Waals surface area contributed by atoms with E-state index in [0.29, 0.717) is 23.4 Å². The molecule has 3 heterocycles. The summed E-state index contributed by atoms with van der Waals surface area (Å²) >= 11 is 0. The summed E-state index contributed by atoms with van der Waals surface area (Å²) in [6, 6.07) is 10.2. The minimum atomic E-state index is -0.0277. The van der Waals surface area contributed by atoms with E-state index in [0.717, 1.165) is 57.8 Å². The molecule has 144 valence electrons. The summed E-state index contributed by atoms with van der Waals surface area (Å²) in [5.74, 6) is 1.16. The van der Waals surface area contributed by atoms with E-state index in [2.05, 4.69) is 16.8 Å². The predicted octanol–water partition coefficient (Wildman–Crippen LogP) is 2.91. The molecule has 0 aliphatic carbocycles. The maximum absolute atomic E-state index is 13.0. The van der Waals surface area contributed by atoms with Gasteiger partial charge >= 0.3 is 0 Å². The Kier molecular flexibility index (Phi) is 5.55. The summed E-state index contributed by atoms with van der Waals surface area (Å²) in [7, 11) is 0. The van der Waals surface area contributed by atoms with Crippen molar-refractivity contribution in [3.8, 4) is 11.3 Å². The molecule has 2 fully saturated rings. The minimum Gasteiger partial charge on any atom is -0.443 e. The molecule has 1 amide bonds. The molecule has 1 aromatic heterocycles. The summed E-state index contributed by atoms with van der Waals surface area (Å²) in [6.07, 6.45) is 3.42. The number of hydrogen-bond donors (Lipinski definition) is 0. The number of oxazole rings is 1. The molecule has 27 heavy (non-hydrogen) atoms. The lowest BCUT2D eigenvalue weighted by Gasteiger charge is -2.40.